The van der Waals surface area contributed by atoms with Crippen LogP contribution < -0.4 is 10.6 Å². The Hall–Kier alpha value is -2.55. The lowest BCUT2D eigenvalue weighted by atomic mass is 10.1. The van der Waals surface area contributed by atoms with Gasteiger partial charge in [-0.3, -0.25) is 4.90 Å². The standard InChI is InChI=1S/C16H14N2O/c1-11-5-4-7-13-10-9-12-6-2-3-8-14(12)18(15(11)13)16(17)19/h2-10H,1H3,(H2,17,19). The smallest absolute Gasteiger partial charge is 0.323 e. The van der Waals surface area contributed by atoms with Gasteiger partial charge < -0.3 is 5.73 Å². The van der Waals surface area contributed by atoms with E-state index in [-0.39, 0.29) is 0 Å². The van der Waals surface area contributed by atoms with Crippen molar-refractivity contribution in [3.8, 4) is 0 Å². The highest BCUT2D eigenvalue weighted by Gasteiger charge is 2.23. The lowest BCUT2D eigenvalue weighted by molar-refractivity contribution is 0.256. The number of aryl methyl sites for hydroxylation is 1. The summed E-state index contributed by atoms with van der Waals surface area (Å²) >= 11 is 0. The SMILES string of the molecule is Cc1cccc2c1N(C(N)=O)c1ccccc1C=C2. The zero-order chi connectivity index (χ0) is 13.4. The summed E-state index contributed by atoms with van der Waals surface area (Å²) in [6.07, 6.45) is 4.03. The molecule has 0 saturated heterocycles. The molecule has 0 fully saturated rings. The Morgan fingerprint density at radius 2 is 1.68 bits per heavy atom. The second-order valence-corrected chi connectivity index (χ2v) is 4.58. The van der Waals surface area contributed by atoms with Gasteiger partial charge in [-0.25, -0.2) is 4.79 Å². The Bertz CT molecular complexity index is 689. The summed E-state index contributed by atoms with van der Waals surface area (Å²) < 4.78 is 0. The van der Waals surface area contributed by atoms with Crippen LogP contribution in [0.25, 0.3) is 12.2 Å². The van der Waals surface area contributed by atoms with Crippen LogP contribution in [0.5, 0.6) is 0 Å². The Kier molecular flexibility index (Phi) is 2.60. The van der Waals surface area contributed by atoms with E-state index in [9.17, 15) is 4.79 Å². The first-order valence-electron chi connectivity index (χ1n) is 6.15. The third-order valence-corrected chi connectivity index (χ3v) is 3.33. The van der Waals surface area contributed by atoms with Crippen LogP contribution in [0.2, 0.25) is 0 Å². The highest BCUT2D eigenvalue weighted by molar-refractivity contribution is 6.05. The van der Waals surface area contributed by atoms with Crippen LogP contribution in [0, 0.1) is 6.92 Å². The van der Waals surface area contributed by atoms with Crippen molar-refractivity contribution >= 4 is 29.6 Å². The van der Waals surface area contributed by atoms with E-state index < -0.39 is 6.03 Å². The van der Waals surface area contributed by atoms with Gasteiger partial charge in [0.2, 0.25) is 0 Å². The van der Waals surface area contributed by atoms with Crippen molar-refractivity contribution in [1.82, 2.24) is 0 Å². The maximum Gasteiger partial charge on any atom is 0.323 e. The van der Waals surface area contributed by atoms with E-state index in [0.717, 1.165) is 28.1 Å². The lowest BCUT2D eigenvalue weighted by Crippen LogP contribution is -2.32. The Balaban J connectivity index is 2.35. The van der Waals surface area contributed by atoms with Crippen LogP contribution >= 0.6 is 0 Å². The number of anilines is 2. The van der Waals surface area contributed by atoms with Crippen molar-refractivity contribution in [3.63, 3.8) is 0 Å². The van der Waals surface area contributed by atoms with Crippen LogP contribution in [0.3, 0.4) is 0 Å². The molecule has 0 aliphatic carbocycles. The first-order valence-corrected chi connectivity index (χ1v) is 6.15. The molecule has 1 heterocycles. The van der Waals surface area contributed by atoms with Crippen LogP contribution in [-0.2, 0) is 0 Å². The summed E-state index contributed by atoms with van der Waals surface area (Å²) in [7, 11) is 0. The number of fused-ring (bicyclic) bond motifs is 2. The highest BCUT2D eigenvalue weighted by atomic mass is 16.2. The van der Waals surface area contributed by atoms with Crippen LogP contribution in [-0.4, -0.2) is 6.03 Å². The van der Waals surface area contributed by atoms with Gasteiger partial charge in [-0.1, -0.05) is 48.6 Å². The minimum atomic E-state index is -0.466. The number of urea groups is 1. The zero-order valence-corrected chi connectivity index (χ0v) is 10.6. The average Bonchev–Trinajstić information content (AvgIpc) is 2.56. The summed E-state index contributed by atoms with van der Waals surface area (Å²) in [6, 6.07) is 13.2. The number of nitrogens with zero attached hydrogens (tertiary/aromatic N) is 1. The van der Waals surface area contributed by atoms with Gasteiger partial charge in [0.15, 0.2) is 0 Å². The molecule has 2 aromatic rings. The molecule has 2 amide bonds. The van der Waals surface area contributed by atoms with Crippen LogP contribution in [0.1, 0.15) is 16.7 Å². The predicted octanol–water partition coefficient (Wildman–Crippen LogP) is 3.70. The second kappa shape index (κ2) is 4.28. The normalized spacial score (nSPS) is 12.6. The van der Waals surface area contributed by atoms with Crippen LogP contribution in [0.15, 0.2) is 42.5 Å². The molecule has 0 aromatic heterocycles. The van der Waals surface area contributed by atoms with Crippen molar-refractivity contribution in [2.45, 2.75) is 6.92 Å². The molecule has 0 saturated carbocycles. The van der Waals surface area contributed by atoms with Gasteiger partial charge in [-0.2, -0.15) is 0 Å². The minimum Gasteiger partial charge on any atom is -0.351 e. The van der Waals surface area contributed by atoms with Crippen molar-refractivity contribution in [2.75, 3.05) is 4.90 Å². The largest absolute Gasteiger partial charge is 0.351 e. The molecule has 2 aromatic carbocycles. The molecular weight excluding hydrogens is 236 g/mol. The Morgan fingerprint density at radius 1 is 1.00 bits per heavy atom. The number of hydrogen-bond acceptors (Lipinski definition) is 1. The predicted molar refractivity (Wildman–Crippen MR) is 78.3 cm³/mol. The molecule has 3 rings (SSSR count). The number of carbonyl (C=O) groups excluding carboxylic acids is 1. The highest BCUT2D eigenvalue weighted by Crippen LogP contribution is 2.37. The summed E-state index contributed by atoms with van der Waals surface area (Å²) in [6.45, 7) is 1.98. The summed E-state index contributed by atoms with van der Waals surface area (Å²) in [5.41, 5.74) is 10.3. The van der Waals surface area contributed by atoms with Crippen molar-refractivity contribution in [1.29, 1.82) is 0 Å². The molecule has 3 nitrogen and oxygen atoms in total. The molecule has 94 valence electrons. The molecule has 1 aliphatic rings. The molecule has 0 atom stereocenters. The molecule has 1 aliphatic heterocycles. The molecule has 0 bridgehead atoms. The third kappa shape index (κ3) is 1.80. The summed E-state index contributed by atoms with van der Waals surface area (Å²) in [5, 5.41) is 0. The third-order valence-electron chi connectivity index (χ3n) is 3.33. The number of amides is 2. The molecule has 2 N–H and O–H groups in total. The molecule has 0 unspecified atom stereocenters. The summed E-state index contributed by atoms with van der Waals surface area (Å²) in [4.78, 5) is 13.5. The van der Waals surface area contributed by atoms with Gasteiger partial charge in [0.25, 0.3) is 0 Å². The first-order chi connectivity index (χ1) is 9.18. The number of primary amides is 1. The Morgan fingerprint density at radius 3 is 2.47 bits per heavy atom. The van der Waals surface area contributed by atoms with E-state index in [1.54, 1.807) is 4.90 Å². The molecule has 19 heavy (non-hydrogen) atoms. The van der Waals surface area contributed by atoms with Gasteiger partial charge in [0, 0.05) is 0 Å². The van der Waals surface area contributed by atoms with E-state index in [0.29, 0.717) is 0 Å². The van der Waals surface area contributed by atoms with Crippen LogP contribution in [0.4, 0.5) is 16.2 Å². The maximum atomic E-state index is 11.9. The molecule has 0 spiro atoms. The fourth-order valence-electron chi connectivity index (χ4n) is 2.48. The number of para-hydroxylation sites is 2. The van der Waals surface area contributed by atoms with E-state index in [1.165, 1.54) is 0 Å². The van der Waals surface area contributed by atoms with Gasteiger partial charge >= 0.3 is 6.03 Å². The number of hydrogen-bond donors (Lipinski definition) is 1. The number of carbonyl (C=O) groups is 1. The first kappa shape index (κ1) is 11.5. The minimum absolute atomic E-state index is 0.466. The fourth-order valence-corrected chi connectivity index (χ4v) is 2.48. The van der Waals surface area contributed by atoms with E-state index >= 15 is 0 Å². The second-order valence-electron chi connectivity index (χ2n) is 4.58. The Labute approximate surface area is 112 Å². The average molecular weight is 250 g/mol. The van der Waals surface area contributed by atoms with Crippen molar-refractivity contribution in [3.05, 3.63) is 59.2 Å². The topological polar surface area (TPSA) is 46.3 Å². The van der Waals surface area contributed by atoms with Crippen molar-refractivity contribution < 1.29 is 4.79 Å². The molecule has 0 radical (unpaired) electrons. The molecule has 3 heteroatoms. The van der Waals surface area contributed by atoms with E-state index in [1.807, 2.05) is 61.5 Å². The lowest BCUT2D eigenvalue weighted by Gasteiger charge is -2.24. The number of benzene rings is 2. The van der Waals surface area contributed by atoms with E-state index in [4.69, 9.17) is 5.73 Å². The van der Waals surface area contributed by atoms with E-state index in [2.05, 4.69) is 0 Å². The van der Waals surface area contributed by atoms with Gasteiger partial charge in [0.1, 0.15) is 0 Å². The van der Waals surface area contributed by atoms with Gasteiger partial charge in [-0.05, 0) is 29.7 Å². The fraction of sp³-hybridized carbons (Fsp3) is 0.0625. The maximum absolute atomic E-state index is 11.9. The van der Waals surface area contributed by atoms with Gasteiger partial charge in [-0.15, -0.1) is 0 Å². The molecular formula is C16H14N2O. The monoisotopic (exact) mass is 250 g/mol. The number of nitrogens with two attached hydrogens (primary N) is 1. The van der Waals surface area contributed by atoms with Crippen molar-refractivity contribution in [2.24, 2.45) is 5.73 Å². The summed E-state index contributed by atoms with van der Waals surface area (Å²) in [5.74, 6) is 0. The zero-order valence-electron chi connectivity index (χ0n) is 10.6. The quantitative estimate of drug-likeness (QED) is 0.761. The number of rotatable bonds is 0. The van der Waals surface area contributed by atoms with Gasteiger partial charge in [0.05, 0.1) is 11.4 Å².